The molecule has 0 N–H and O–H groups in total. The lowest BCUT2D eigenvalue weighted by atomic mass is 10.0. The van der Waals surface area contributed by atoms with Crippen molar-refractivity contribution in [2.75, 3.05) is 24.3 Å². The van der Waals surface area contributed by atoms with Crippen molar-refractivity contribution in [3.63, 3.8) is 0 Å². The van der Waals surface area contributed by atoms with Gasteiger partial charge in [0.25, 0.3) is 11.8 Å². The molecule has 3 aromatic carbocycles. The first-order chi connectivity index (χ1) is 15.5. The summed E-state index contributed by atoms with van der Waals surface area (Å²) >= 11 is 1.53. The van der Waals surface area contributed by atoms with E-state index in [1.807, 2.05) is 60.4 Å². The normalized spacial score (nSPS) is 19.5. The Bertz CT molecular complexity index is 1180. The van der Waals surface area contributed by atoms with E-state index in [9.17, 15) is 9.59 Å². The van der Waals surface area contributed by atoms with Crippen LogP contribution in [0.5, 0.6) is 5.75 Å². The van der Waals surface area contributed by atoms with E-state index in [1.165, 1.54) is 17.3 Å². The van der Waals surface area contributed by atoms with E-state index in [4.69, 9.17) is 4.74 Å². The highest BCUT2D eigenvalue weighted by molar-refractivity contribution is 8.01. The molecular weight excluding hydrogens is 420 g/mol. The Labute approximate surface area is 192 Å². The third-order valence-corrected chi connectivity index (χ3v) is 7.55. The summed E-state index contributed by atoms with van der Waals surface area (Å²) in [5.74, 6) is 1.16. The number of benzene rings is 3. The number of hydrogen-bond acceptors (Lipinski definition) is 4. The maximum atomic E-state index is 14.1. The number of nitrogens with zero attached hydrogens (tertiary/aromatic N) is 2. The van der Waals surface area contributed by atoms with E-state index in [0.717, 1.165) is 16.8 Å². The van der Waals surface area contributed by atoms with Gasteiger partial charge in [-0.2, -0.15) is 0 Å². The van der Waals surface area contributed by atoms with Crippen LogP contribution in [0, 0.1) is 6.92 Å². The van der Waals surface area contributed by atoms with Gasteiger partial charge in [0.15, 0.2) is 4.87 Å². The van der Waals surface area contributed by atoms with Crippen LogP contribution in [0.4, 0.5) is 5.69 Å². The van der Waals surface area contributed by atoms with Crippen LogP contribution in [0.15, 0.2) is 72.8 Å². The summed E-state index contributed by atoms with van der Waals surface area (Å²) < 4.78 is 5.48. The van der Waals surface area contributed by atoms with Crippen molar-refractivity contribution in [2.24, 2.45) is 0 Å². The second-order valence-electron chi connectivity index (χ2n) is 8.08. The molecule has 0 radical (unpaired) electrons. The molecule has 3 aromatic rings. The van der Waals surface area contributed by atoms with Gasteiger partial charge >= 0.3 is 0 Å². The molecule has 1 fully saturated rings. The first-order valence-corrected chi connectivity index (χ1v) is 11.6. The first-order valence-electron chi connectivity index (χ1n) is 10.6. The summed E-state index contributed by atoms with van der Waals surface area (Å²) in [6.07, 6.45) is 0. The lowest BCUT2D eigenvalue weighted by Crippen LogP contribution is -2.50. The maximum Gasteiger partial charge on any atom is 0.268 e. The molecule has 2 amide bonds. The fourth-order valence-electron chi connectivity index (χ4n) is 4.49. The van der Waals surface area contributed by atoms with Crippen molar-refractivity contribution in [3.8, 4) is 5.75 Å². The minimum Gasteiger partial charge on any atom is -0.497 e. The van der Waals surface area contributed by atoms with E-state index in [0.29, 0.717) is 30.2 Å². The molecule has 162 valence electrons. The predicted octanol–water partition coefficient (Wildman–Crippen LogP) is 4.59. The summed E-state index contributed by atoms with van der Waals surface area (Å²) in [5, 5.41) is 0. The highest BCUT2D eigenvalue weighted by Crippen LogP contribution is 2.55. The molecule has 1 atom stereocenters. The van der Waals surface area contributed by atoms with E-state index < -0.39 is 4.87 Å². The molecule has 6 heteroatoms. The summed E-state index contributed by atoms with van der Waals surface area (Å²) in [6, 6.07) is 23.1. The number of thioether (sulfide) groups is 1. The largest absolute Gasteiger partial charge is 0.497 e. The predicted molar refractivity (Wildman–Crippen MR) is 127 cm³/mol. The first kappa shape index (κ1) is 20.6. The van der Waals surface area contributed by atoms with Gasteiger partial charge in [0.2, 0.25) is 0 Å². The number of carbonyl (C=O) groups is 2. The van der Waals surface area contributed by atoms with Gasteiger partial charge < -0.3 is 14.5 Å². The zero-order valence-corrected chi connectivity index (χ0v) is 18.9. The second kappa shape index (κ2) is 8.02. The van der Waals surface area contributed by atoms with Crippen LogP contribution in [-0.4, -0.2) is 36.1 Å². The average molecular weight is 445 g/mol. The number of carbonyl (C=O) groups excluding carboxylic acids is 2. The second-order valence-corrected chi connectivity index (χ2v) is 9.36. The van der Waals surface area contributed by atoms with Crippen molar-refractivity contribution in [1.29, 1.82) is 0 Å². The molecule has 0 saturated carbocycles. The average Bonchev–Trinajstić information content (AvgIpc) is 3.37. The number of amides is 2. The zero-order chi connectivity index (χ0) is 22.3. The Balaban J connectivity index is 1.61. The molecule has 2 aliphatic heterocycles. The number of ether oxygens (including phenoxy) is 1. The van der Waals surface area contributed by atoms with Crippen molar-refractivity contribution >= 4 is 29.3 Å². The highest BCUT2D eigenvalue weighted by atomic mass is 32.2. The summed E-state index contributed by atoms with van der Waals surface area (Å²) in [7, 11) is 1.62. The van der Waals surface area contributed by atoms with Gasteiger partial charge in [0, 0.05) is 23.4 Å². The molecule has 1 unspecified atom stereocenters. The Morgan fingerprint density at radius 3 is 2.53 bits per heavy atom. The standard InChI is InChI=1S/C26H24N2O3S/c1-18-8-10-19(11-9-18)17-27-23-13-12-21(31-2)16-22(23)26(25(27)30)28(14-15-32-26)24(29)20-6-4-3-5-7-20/h3-13,16H,14-15,17H2,1-2H3. The third kappa shape index (κ3) is 3.17. The molecular formula is C26H24N2O3S. The van der Waals surface area contributed by atoms with Gasteiger partial charge in [-0.25, -0.2) is 0 Å². The molecule has 1 spiro atoms. The molecule has 5 nitrogen and oxygen atoms in total. The van der Waals surface area contributed by atoms with E-state index >= 15 is 0 Å². The Morgan fingerprint density at radius 1 is 1.06 bits per heavy atom. The Kier molecular flexibility index (Phi) is 5.18. The van der Waals surface area contributed by atoms with Gasteiger partial charge in [-0.05, 0) is 42.8 Å². The number of hydrogen-bond donors (Lipinski definition) is 0. The number of rotatable bonds is 4. The van der Waals surface area contributed by atoms with Crippen molar-refractivity contribution < 1.29 is 14.3 Å². The molecule has 1 saturated heterocycles. The Hall–Kier alpha value is -3.25. The van der Waals surface area contributed by atoms with Crippen LogP contribution in [0.3, 0.4) is 0 Å². The molecule has 5 rings (SSSR count). The minimum atomic E-state index is -1.08. The van der Waals surface area contributed by atoms with Crippen LogP contribution < -0.4 is 9.64 Å². The molecule has 2 heterocycles. The van der Waals surface area contributed by atoms with Gasteiger partial charge in [-0.15, -0.1) is 11.8 Å². The number of anilines is 1. The molecule has 32 heavy (non-hydrogen) atoms. The van der Waals surface area contributed by atoms with Gasteiger partial charge in [-0.1, -0.05) is 48.0 Å². The van der Waals surface area contributed by atoms with Crippen LogP contribution in [0.1, 0.15) is 27.0 Å². The van der Waals surface area contributed by atoms with E-state index in [1.54, 1.807) is 24.1 Å². The fourth-order valence-corrected chi connectivity index (χ4v) is 5.94. The lowest BCUT2D eigenvalue weighted by Gasteiger charge is -2.33. The number of fused-ring (bicyclic) bond motifs is 2. The summed E-state index contributed by atoms with van der Waals surface area (Å²) in [6.45, 7) is 3.01. The van der Waals surface area contributed by atoms with Crippen molar-refractivity contribution in [1.82, 2.24) is 4.90 Å². The Morgan fingerprint density at radius 2 is 1.81 bits per heavy atom. The van der Waals surface area contributed by atoms with Gasteiger partial charge in [0.05, 0.1) is 19.3 Å². The number of methoxy groups -OCH3 is 1. The van der Waals surface area contributed by atoms with Crippen molar-refractivity contribution in [3.05, 3.63) is 95.1 Å². The summed E-state index contributed by atoms with van der Waals surface area (Å²) in [4.78, 5) is 30.1. The molecule has 0 aromatic heterocycles. The SMILES string of the molecule is COc1ccc2c(c1)C1(SCCN1C(=O)c1ccccc1)C(=O)N2Cc1ccc(C)cc1. The van der Waals surface area contributed by atoms with E-state index in [2.05, 4.69) is 12.1 Å². The van der Waals surface area contributed by atoms with E-state index in [-0.39, 0.29) is 11.8 Å². The molecule has 2 aliphatic rings. The quantitative estimate of drug-likeness (QED) is 0.591. The van der Waals surface area contributed by atoms with Gasteiger partial charge in [-0.3, -0.25) is 9.59 Å². The van der Waals surface area contributed by atoms with Crippen molar-refractivity contribution in [2.45, 2.75) is 18.3 Å². The van der Waals surface area contributed by atoms with Crippen LogP contribution in [0.25, 0.3) is 0 Å². The third-order valence-electron chi connectivity index (χ3n) is 6.13. The number of aryl methyl sites for hydroxylation is 1. The monoisotopic (exact) mass is 444 g/mol. The van der Waals surface area contributed by atoms with Crippen LogP contribution >= 0.6 is 11.8 Å². The van der Waals surface area contributed by atoms with Crippen LogP contribution in [-0.2, 0) is 16.2 Å². The highest BCUT2D eigenvalue weighted by Gasteiger charge is 2.59. The maximum absolute atomic E-state index is 14.1. The topological polar surface area (TPSA) is 49.9 Å². The zero-order valence-electron chi connectivity index (χ0n) is 18.1. The van der Waals surface area contributed by atoms with Gasteiger partial charge in [0.1, 0.15) is 5.75 Å². The fraction of sp³-hybridized carbons (Fsp3) is 0.231. The van der Waals surface area contributed by atoms with Crippen LogP contribution in [0.2, 0.25) is 0 Å². The lowest BCUT2D eigenvalue weighted by molar-refractivity contribution is -0.123. The smallest absolute Gasteiger partial charge is 0.268 e. The summed E-state index contributed by atoms with van der Waals surface area (Å²) in [5.41, 5.74) is 4.46. The minimum absolute atomic E-state index is 0.0758. The molecule has 0 aliphatic carbocycles. The molecule has 0 bridgehead atoms.